The maximum absolute atomic E-state index is 12.8. The van der Waals surface area contributed by atoms with Gasteiger partial charge >= 0.3 is 15.8 Å². The Morgan fingerprint density at radius 1 is 1.06 bits per heavy atom. The summed E-state index contributed by atoms with van der Waals surface area (Å²) in [6.45, 7) is 3.79. The van der Waals surface area contributed by atoms with Gasteiger partial charge in [0.05, 0.1) is 32.3 Å². The number of nitro benzene ring substituents is 2. The molecule has 0 aliphatic heterocycles. The number of hydrazone groups is 1. The fraction of sp³-hybridized carbons (Fsp3) is 0.136. The molecule has 0 bridgehead atoms. The lowest BCUT2D eigenvalue weighted by Crippen LogP contribution is -2.12. The SMILES string of the molecule is CCOc1cc(/C=N\Nc2ccc([N+](=O)[O-])cc2[N+](=O)[O-])cc(I)c1OS(=O)(=O)c1ccc(C)cc1. The minimum Gasteiger partial charge on any atom is -0.490 e. The molecule has 0 heterocycles. The first-order chi connectivity index (χ1) is 17.0. The van der Waals surface area contributed by atoms with Crippen molar-refractivity contribution in [3.8, 4) is 11.5 Å². The van der Waals surface area contributed by atoms with Crippen LogP contribution in [0.1, 0.15) is 18.1 Å². The number of non-ortho nitro benzene ring substituents is 1. The first-order valence-corrected chi connectivity index (χ1v) is 12.7. The van der Waals surface area contributed by atoms with Crippen LogP contribution in [0, 0.1) is 30.7 Å². The van der Waals surface area contributed by atoms with Crippen LogP contribution in [0.2, 0.25) is 0 Å². The molecule has 0 atom stereocenters. The monoisotopic (exact) mass is 626 g/mol. The van der Waals surface area contributed by atoms with E-state index in [0.717, 1.165) is 17.7 Å². The minimum atomic E-state index is -4.12. The minimum absolute atomic E-state index is 0.00844. The Hall–Kier alpha value is -3.79. The number of nitro groups is 2. The lowest BCUT2D eigenvalue weighted by Gasteiger charge is -2.14. The number of rotatable bonds is 10. The molecule has 0 aliphatic rings. The van der Waals surface area contributed by atoms with Gasteiger partial charge in [-0.3, -0.25) is 25.7 Å². The third kappa shape index (κ3) is 6.45. The van der Waals surface area contributed by atoms with Crippen LogP contribution < -0.4 is 14.3 Å². The Labute approximate surface area is 219 Å². The highest BCUT2D eigenvalue weighted by molar-refractivity contribution is 14.1. The molecule has 0 aliphatic carbocycles. The van der Waals surface area contributed by atoms with Gasteiger partial charge in [-0.25, -0.2) is 0 Å². The normalized spacial score (nSPS) is 11.3. The molecule has 3 aromatic carbocycles. The van der Waals surface area contributed by atoms with Gasteiger partial charge in [0.25, 0.3) is 5.69 Å². The summed E-state index contributed by atoms with van der Waals surface area (Å²) in [7, 11) is -4.12. The first kappa shape index (κ1) is 26.8. The molecule has 0 saturated heterocycles. The average molecular weight is 626 g/mol. The fourth-order valence-electron chi connectivity index (χ4n) is 2.92. The summed E-state index contributed by atoms with van der Waals surface area (Å²) in [6, 6.07) is 12.4. The highest BCUT2D eigenvalue weighted by Gasteiger charge is 2.22. The number of hydrogen-bond acceptors (Lipinski definition) is 10. The molecule has 0 aromatic heterocycles. The van der Waals surface area contributed by atoms with Gasteiger partial charge in [0.1, 0.15) is 10.6 Å². The van der Waals surface area contributed by atoms with Gasteiger partial charge in [0.2, 0.25) is 0 Å². The molecule has 0 amide bonds. The lowest BCUT2D eigenvalue weighted by molar-refractivity contribution is -0.393. The van der Waals surface area contributed by atoms with Crippen molar-refractivity contribution in [3.63, 3.8) is 0 Å². The zero-order valence-corrected chi connectivity index (χ0v) is 21.8. The summed E-state index contributed by atoms with van der Waals surface area (Å²) in [5.74, 6) is 0.164. The molecule has 0 unspecified atom stereocenters. The summed E-state index contributed by atoms with van der Waals surface area (Å²) in [6.07, 6.45) is 1.33. The summed E-state index contributed by atoms with van der Waals surface area (Å²) in [5, 5.41) is 26.1. The maximum atomic E-state index is 12.8. The van der Waals surface area contributed by atoms with Crippen LogP contribution in [0.4, 0.5) is 17.1 Å². The summed E-state index contributed by atoms with van der Waals surface area (Å²) < 4.78 is 36.9. The summed E-state index contributed by atoms with van der Waals surface area (Å²) in [5.41, 5.74) is 2.87. The van der Waals surface area contributed by atoms with E-state index in [4.69, 9.17) is 8.92 Å². The van der Waals surface area contributed by atoms with Gasteiger partial charge in [-0.05, 0) is 72.3 Å². The van der Waals surface area contributed by atoms with Gasteiger partial charge in [0.15, 0.2) is 11.5 Å². The third-order valence-electron chi connectivity index (χ3n) is 4.62. The average Bonchev–Trinajstić information content (AvgIpc) is 2.81. The number of nitrogens with zero attached hydrogens (tertiary/aromatic N) is 3. The predicted octanol–water partition coefficient (Wildman–Crippen LogP) is 5.03. The summed E-state index contributed by atoms with van der Waals surface area (Å²) >= 11 is 1.90. The van der Waals surface area contributed by atoms with Crippen molar-refractivity contribution in [1.29, 1.82) is 0 Å². The number of ether oxygens (including phenoxy) is 1. The van der Waals surface area contributed by atoms with Gasteiger partial charge in [-0.15, -0.1) is 0 Å². The molecule has 0 radical (unpaired) electrons. The van der Waals surface area contributed by atoms with E-state index in [9.17, 15) is 28.6 Å². The maximum Gasteiger partial charge on any atom is 0.339 e. The van der Waals surface area contributed by atoms with E-state index in [1.807, 2.05) is 29.5 Å². The van der Waals surface area contributed by atoms with E-state index in [1.165, 1.54) is 30.5 Å². The van der Waals surface area contributed by atoms with Crippen molar-refractivity contribution in [3.05, 3.63) is 89.5 Å². The van der Waals surface area contributed by atoms with Crippen LogP contribution in [0.3, 0.4) is 0 Å². The molecule has 1 N–H and O–H groups in total. The van der Waals surface area contributed by atoms with E-state index >= 15 is 0 Å². The van der Waals surface area contributed by atoms with E-state index in [1.54, 1.807) is 25.1 Å². The number of aryl methyl sites for hydroxylation is 1. The Kier molecular flexibility index (Phi) is 8.41. The zero-order chi connectivity index (χ0) is 26.5. The van der Waals surface area contributed by atoms with Crippen LogP contribution >= 0.6 is 22.6 Å². The lowest BCUT2D eigenvalue weighted by atomic mass is 10.2. The van der Waals surface area contributed by atoms with Crippen LogP contribution in [0.5, 0.6) is 11.5 Å². The van der Waals surface area contributed by atoms with Gasteiger partial charge in [-0.1, -0.05) is 17.7 Å². The highest BCUT2D eigenvalue weighted by Crippen LogP contribution is 2.36. The van der Waals surface area contributed by atoms with Gasteiger partial charge in [0, 0.05) is 6.07 Å². The first-order valence-electron chi connectivity index (χ1n) is 10.2. The predicted molar refractivity (Wildman–Crippen MR) is 140 cm³/mol. The van der Waals surface area contributed by atoms with Crippen molar-refractivity contribution in [1.82, 2.24) is 0 Å². The van der Waals surface area contributed by atoms with E-state index in [-0.39, 0.29) is 28.7 Å². The molecular formula is C22H19IN4O8S. The fourth-order valence-corrected chi connectivity index (χ4v) is 4.77. The molecule has 0 saturated carbocycles. The highest BCUT2D eigenvalue weighted by atomic mass is 127. The topological polar surface area (TPSA) is 163 Å². The largest absolute Gasteiger partial charge is 0.490 e. The van der Waals surface area contributed by atoms with Crippen molar-refractivity contribution in [2.45, 2.75) is 18.7 Å². The molecule has 3 rings (SSSR count). The standard InChI is InChI=1S/C22H19IN4O8S/c1-3-34-21-11-15(13-24-25-19-9-6-16(26(28)29)12-20(19)27(30)31)10-18(23)22(21)35-36(32,33)17-7-4-14(2)5-8-17/h4-13,25H,3H2,1-2H3/b24-13-. The molecular weight excluding hydrogens is 607 g/mol. The van der Waals surface area contributed by atoms with Crippen molar-refractivity contribution < 1.29 is 27.2 Å². The smallest absolute Gasteiger partial charge is 0.339 e. The van der Waals surface area contributed by atoms with Gasteiger partial charge in [-0.2, -0.15) is 13.5 Å². The molecule has 3 aromatic rings. The quantitative estimate of drug-likeness (QED) is 0.107. The van der Waals surface area contributed by atoms with Crippen molar-refractivity contribution >= 4 is 56.0 Å². The Morgan fingerprint density at radius 3 is 2.36 bits per heavy atom. The molecule has 12 nitrogen and oxygen atoms in total. The van der Waals surface area contributed by atoms with E-state index in [2.05, 4.69) is 10.5 Å². The van der Waals surface area contributed by atoms with E-state index < -0.39 is 31.3 Å². The number of halogens is 1. The second kappa shape index (κ2) is 11.3. The molecule has 14 heteroatoms. The Morgan fingerprint density at radius 2 is 1.75 bits per heavy atom. The number of anilines is 1. The Bertz CT molecular complexity index is 1440. The second-order valence-corrected chi connectivity index (χ2v) is 9.91. The van der Waals surface area contributed by atoms with Crippen LogP contribution in [-0.2, 0) is 10.1 Å². The van der Waals surface area contributed by atoms with E-state index in [0.29, 0.717) is 9.13 Å². The van der Waals surface area contributed by atoms with Crippen LogP contribution in [-0.4, -0.2) is 31.1 Å². The van der Waals surface area contributed by atoms with Crippen LogP contribution in [0.15, 0.2) is 64.6 Å². The summed E-state index contributed by atoms with van der Waals surface area (Å²) in [4.78, 5) is 20.6. The Balaban J connectivity index is 1.88. The molecule has 0 fully saturated rings. The number of nitrogens with one attached hydrogen (secondary N) is 1. The van der Waals surface area contributed by atoms with Crippen molar-refractivity contribution in [2.75, 3.05) is 12.0 Å². The molecule has 188 valence electrons. The van der Waals surface area contributed by atoms with Crippen LogP contribution in [0.25, 0.3) is 0 Å². The van der Waals surface area contributed by atoms with Crippen molar-refractivity contribution in [2.24, 2.45) is 5.10 Å². The van der Waals surface area contributed by atoms with Gasteiger partial charge < -0.3 is 8.92 Å². The molecule has 36 heavy (non-hydrogen) atoms. The zero-order valence-electron chi connectivity index (χ0n) is 18.9. The number of hydrogen-bond donors (Lipinski definition) is 1. The third-order valence-corrected chi connectivity index (χ3v) is 6.66. The number of benzene rings is 3. The molecule has 0 spiro atoms. The second-order valence-electron chi connectivity index (χ2n) is 7.20.